The topological polar surface area (TPSA) is 77.9 Å². The van der Waals surface area contributed by atoms with Gasteiger partial charge in [-0.05, 0) is 43.6 Å². The van der Waals surface area contributed by atoms with Crippen LogP contribution in [-0.4, -0.2) is 41.0 Å². The molecule has 1 aromatic carbocycles. The van der Waals surface area contributed by atoms with E-state index in [9.17, 15) is 0 Å². The molecule has 0 amide bonds. The Balaban J connectivity index is 0.000000285. The fraction of sp³-hybridized carbons (Fsp3) is 0.292. The number of aliphatic imine (C=N–C) groups is 2. The molecule has 0 spiro atoms. The zero-order valence-corrected chi connectivity index (χ0v) is 18.7. The molecule has 0 saturated heterocycles. The maximum absolute atomic E-state index is 5.78. The van der Waals surface area contributed by atoms with Crippen LogP contribution in [0.2, 0.25) is 0 Å². The molecule has 7 nitrogen and oxygen atoms in total. The van der Waals surface area contributed by atoms with Gasteiger partial charge in [0.05, 0.1) is 18.1 Å². The summed E-state index contributed by atoms with van der Waals surface area (Å²) in [7, 11) is 1.97. The van der Waals surface area contributed by atoms with Crippen molar-refractivity contribution >= 4 is 18.1 Å². The van der Waals surface area contributed by atoms with Gasteiger partial charge in [0.2, 0.25) is 5.88 Å². The Bertz CT molecular complexity index is 924. The van der Waals surface area contributed by atoms with Crippen molar-refractivity contribution in [1.29, 1.82) is 0 Å². The third-order valence-electron chi connectivity index (χ3n) is 4.39. The van der Waals surface area contributed by atoms with Crippen molar-refractivity contribution in [3.8, 4) is 5.88 Å². The lowest BCUT2D eigenvalue weighted by Gasteiger charge is -2.12. The zero-order chi connectivity index (χ0) is 22.5. The van der Waals surface area contributed by atoms with Crippen molar-refractivity contribution in [2.75, 3.05) is 7.05 Å². The summed E-state index contributed by atoms with van der Waals surface area (Å²) in [5, 5.41) is 8.82. The Kier molecular flexibility index (Phi) is 9.97. The molecule has 3 rings (SSSR count). The van der Waals surface area contributed by atoms with E-state index in [1.807, 2.05) is 25.1 Å². The average molecular weight is 421 g/mol. The van der Waals surface area contributed by atoms with Crippen LogP contribution in [0.4, 0.5) is 0 Å². The van der Waals surface area contributed by atoms with Crippen LogP contribution in [0.15, 0.2) is 71.5 Å². The Morgan fingerprint density at radius 3 is 2.74 bits per heavy atom. The summed E-state index contributed by atoms with van der Waals surface area (Å²) >= 11 is 0. The van der Waals surface area contributed by atoms with E-state index in [2.05, 4.69) is 82.5 Å². The van der Waals surface area contributed by atoms with E-state index in [1.165, 1.54) is 5.56 Å². The second-order valence-electron chi connectivity index (χ2n) is 6.90. The molecule has 0 saturated carbocycles. The number of hydrogen-bond donors (Lipinski definition) is 2. The van der Waals surface area contributed by atoms with E-state index < -0.39 is 0 Å². The van der Waals surface area contributed by atoms with E-state index in [1.54, 1.807) is 24.9 Å². The summed E-state index contributed by atoms with van der Waals surface area (Å²) in [6.07, 6.45) is 14.1. The number of allylic oxidation sites excluding steroid dienone is 3. The number of aromatic amines is 1. The van der Waals surface area contributed by atoms with Crippen LogP contribution in [0.25, 0.3) is 5.57 Å². The van der Waals surface area contributed by atoms with Gasteiger partial charge in [0.25, 0.3) is 0 Å². The van der Waals surface area contributed by atoms with Crippen molar-refractivity contribution in [1.82, 2.24) is 20.6 Å². The number of aryl methyl sites for hydroxylation is 1. The highest BCUT2D eigenvalue weighted by Gasteiger charge is 2.11. The highest BCUT2D eigenvalue weighted by molar-refractivity contribution is 5.74. The first kappa shape index (κ1) is 23.8. The van der Waals surface area contributed by atoms with Gasteiger partial charge in [0, 0.05) is 19.5 Å². The van der Waals surface area contributed by atoms with Crippen LogP contribution >= 0.6 is 0 Å². The molecule has 1 atom stereocenters. The molecule has 1 aliphatic heterocycles. The van der Waals surface area contributed by atoms with Crippen LogP contribution in [0.1, 0.15) is 37.0 Å². The number of nitrogens with zero attached hydrogens (tertiary/aromatic N) is 4. The van der Waals surface area contributed by atoms with E-state index in [0.717, 1.165) is 23.1 Å². The van der Waals surface area contributed by atoms with Crippen LogP contribution < -0.4 is 10.2 Å². The van der Waals surface area contributed by atoms with Gasteiger partial charge in [0.1, 0.15) is 12.8 Å². The zero-order valence-electron chi connectivity index (χ0n) is 18.7. The van der Waals surface area contributed by atoms with Crippen molar-refractivity contribution in [2.45, 2.75) is 40.0 Å². The Morgan fingerprint density at radius 2 is 2.10 bits per heavy atom. The number of hydrogen-bond acceptors (Lipinski definition) is 6. The first-order chi connectivity index (χ1) is 15.0. The number of likely N-dealkylation sites (N-methyl/N-ethyl adjacent to an activating group) is 1. The standard InChI is InChI=1S/C17H19N3O.C7H13N3/c1-4-18-10-9-14(3)16-11-19-20-17(16)21-12-15-7-5-13(2)6-8-15;1-3-4-5-7-8-6-9-10(7)2/h4-11H,3,12H2,1-2H3,(H,19,20);4-7H,3H2,1-2H3,(H,8,9)/b10-9-,18-4?;5-4-. The molecule has 31 heavy (non-hydrogen) atoms. The second-order valence-corrected chi connectivity index (χ2v) is 6.90. The third-order valence-corrected chi connectivity index (χ3v) is 4.39. The summed E-state index contributed by atoms with van der Waals surface area (Å²) in [6.45, 7) is 10.5. The minimum absolute atomic E-state index is 0.194. The second kappa shape index (κ2) is 13.0. The van der Waals surface area contributed by atoms with Crippen LogP contribution in [0.5, 0.6) is 5.88 Å². The molecule has 2 heterocycles. The quantitative estimate of drug-likeness (QED) is 0.369. The largest absolute Gasteiger partial charge is 0.473 e. The molecule has 1 aliphatic rings. The molecule has 1 unspecified atom stereocenters. The molecule has 0 bridgehead atoms. The fourth-order valence-electron chi connectivity index (χ4n) is 2.58. The lowest BCUT2D eigenvalue weighted by molar-refractivity contribution is 0.278. The molecule has 2 N–H and O–H groups in total. The lowest BCUT2D eigenvalue weighted by atomic mass is 10.1. The highest BCUT2D eigenvalue weighted by Crippen LogP contribution is 2.24. The number of ether oxygens (including phenoxy) is 1. The number of benzene rings is 1. The molecule has 7 heteroatoms. The summed E-state index contributed by atoms with van der Waals surface area (Å²) in [6, 6.07) is 8.24. The van der Waals surface area contributed by atoms with Gasteiger partial charge in [-0.3, -0.25) is 4.99 Å². The van der Waals surface area contributed by atoms with Gasteiger partial charge in [-0.1, -0.05) is 49.4 Å². The van der Waals surface area contributed by atoms with E-state index in [-0.39, 0.29) is 6.17 Å². The normalized spacial score (nSPS) is 16.1. The number of H-pyrrole nitrogens is 1. The van der Waals surface area contributed by atoms with Crippen molar-refractivity contribution in [3.05, 3.63) is 78.2 Å². The first-order valence-electron chi connectivity index (χ1n) is 10.3. The molecule has 2 aromatic rings. The molecule has 1 aromatic heterocycles. The van der Waals surface area contributed by atoms with Crippen LogP contribution in [-0.2, 0) is 6.61 Å². The predicted molar refractivity (Wildman–Crippen MR) is 129 cm³/mol. The van der Waals surface area contributed by atoms with E-state index in [4.69, 9.17) is 4.74 Å². The highest BCUT2D eigenvalue weighted by atomic mass is 16.5. The van der Waals surface area contributed by atoms with Crippen LogP contribution in [0, 0.1) is 6.92 Å². The SMILES string of the molecule is C=C(/C=C\N=CC)c1cn[nH]c1OCc1ccc(C)cc1.CC/C=C\C1N=CNN1C. The van der Waals surface area contributed by atoms with Gasteiger partial charge in [-0.25, -0.2) is 10.1 Å². The average Bonchev–Trinajstić information content (AvgIpc) is 3.41. The number of hydrazine groups is 1. The molecule has 164 valence electrons. The Labute approximate surface area is 184 Å². The van der Waals surface area contributed by atoms with E-state index >= 15 is 0 Å². The minimum Gasteiger partial charge on any atom is -0.473 e. The summed E-state index contributed by atoms with van der Waals surface area (Å²) in [5.74, 6) is 0.616. The summed E-state index contributed by atoms with van der Waals surface area (Å²) in [4.78, 5) is 8.17. The molecule has 0 aliphatic carbocycles. The summed E-state index contributed by atoms with van der Waals surface area (Å²) in [5.41, 5.74) is 6.95. The van der Waals surface area contributed by atoms with Gasteiger partial charge in [-0.2, -0.15) is 10.1 Å². The Hall–Kier alpha value is -3.45. The van der Waals surface area contributed by atoms with Crippen molar-refractivity contribution in [2.24, 2.45) is 9.98 Å². The summed E-state index contributed by atoms with van der Waals surface area (Å²) < 4.78 is 5.78. The molecular formula is C24H32N6O. The van der Waals surface area contributed by atoms with Gasteiger partial charge >= 0.3 is 0 Å². The minimum atomic E-state index is 0.194. The monoisotopic (exact) mass is 420 g/mol. The van der Waals surface area contributed by atoms with Crippen LogP contribution in [0.3, 0.4) is 0 Å². The van der Waals surface area contributed by atoms with Gasteiger partial charge < -0.3 is 10.2 Å². The number of nitrogens with one attached hydrogen (secondary N) is 2. The molecule has 0 fully saturated rings. The van der Waals surface area contributed by atoms with Crippen molar-refractivity contribution in [3.63, 3.8) is 0 Å². The smallest absolute Gasteiger partial charge is 0.217 e. The van der Waals surface area contributed by atoms with Gasteiger partial charge in [0.15, 0.2) is 0 Å². The maximum Gasteiger partial charge on any atom is 0.217 e. The third kappa shape index (κ3) is 8.06. The molecular weight excluding hydrogens is 388 g/mol. The fourth-order valence-corrected chi connectivity index (χ4v) is 2.58. The number of rotatable bonds is 8. The van der Waals surface area contributed by atoms with E-state index in [0.29, 0.717) is 12.5 Å². The molecule has 0 radical (unpaired) electrons. The van der Waals surface area contributed by atoms with Crippen molar-refractivity contribution < 1.29 is 4.74 Å². The number of aromatic nitrogens is 2. The van der Waals surface area contributed by atoms with Gasteiger partial charge in [-0.15, -0.1) is 0 Å². The maximum atomic E-state index is 5.78. The first-order valence-corrected chi connectivity index (χ1v) is 10.3. The predicted octanol–water partition coefficient (Wildman–Crippen LogP) is 4.67. The Morgan fingerprint density at radius 1 is 1.32 bits per heavy atom. The lowest BCUT2D eigenvalue weighted by Crippen LogP contribution is -2.33.